The number of benzene rings is 3. The molecule has 0 bridgehead atoms. The third kappa shape index (κ3) is 9.52. The van der Waals surface area contributed by atoms with E-state index < -0.39 is 47.2 Å². The van der Waals surface area contributed by atoms with Crippen molar-refractivity contribution in [2.75, 3.05) is 11.5 Å². The smallest absolute Gasteiger partial charge is 0.431 e. The van der Waals surface area contributed by atoms with Gasteiger partial charge in [-0.1, -0.05) is 114 Å². The highest BCUT2D eigenvalue weighted by atomic mass is 32.2. The number of thiazole rings is 1. The van der Waals surface area contributed by atoms with Crippen molar-refractivity contribution in [2.45, 2.75) is 74.9 Å². The number of carbonyl (C=O) groups is 4. The van der Waals surface area contributed by atoms with Gasteiger partial charge in [0.2, 0.25) is 5.60 Å². The lowest BCUT2D eigenvalue weighted by molar-refractivity contribution is -0.173. The summed E-state index contributed by atoms with van der Waals surface area (Å²) < 4.78 is 20.5. The molecule has 1 aliphatic carbocycles. The molecule has 1 saturated heterocycles. The highest BCUT2D eigenvalue weighted by Gasteiger charge is 2.54. The zero-order valence-electron chi connectivity index (χ0n) is 34.0. The van der Waals surface area contributed by atoms with E-state index in [0.717, 1.165) is 55.0 Å². The van der Waals surface area contributed by atoms with Crippen molar-refractivity contribution >= 4 is 76.0 Å². The number of nitrogens with two attached hydrogens (primary N) is 1. The molecule has 3 aliphatic rings. The number of thioether (sulfide) groups is 1. The normalized spacial score (nSPS) is 18.4. The number of nitrogen functional groups attached to an aromatic ring is 1. The topological polar surface area (TPSA) is 198 Å². The molecule has 18 heteroatoms. The number of nitrogens with zero attached hydrogens (tertiary/aromatic N) is 5. The number of anilines is 1. The lowest BCUT2D eigenvalue weighted by Gasteiger charge is -2.49. The lowest BCUT2D eigenvalue weighted by Crippen LogP contribution is -2.70. The van der Waals surface area contributed by atoms with E-state index in [2.05, 4.69) is 25.0 Å². The summed E-state index contributed by atoms with van der Waals surface area (Å²) in [5.74, 6) is -1.85. The van der Waals surface area contributed by atoms with Gasteiger partial charge in [0, 0.05) is 45.2 Å². The monoisotopic (exact) mass is 905 g/mol. The zero-order valence-corrected chi connectivity index (χ0v) is 36.5. The summed E-state index contributed by atoms with van der Waals surface area (Å²) in [5.41, 5.74) is 9.26. The van der Waals surface area contributed by atoms with Crippen molar-refractivity contribution in [2.24, 2.45) is 5.16 Å². The molecule has 3 aromatic carbocycles. The minimum atomic E-state index is -1.37. The summed E-state index contributed by atoms with van der Waals surface area (Å²) in [6, 6.07) is 25.7. The summed E-state index contributed by atoms with van der Waals surface area (Å²) in [6.45, 7) is 1.70. The number of rotatable bonds is 15. The fourth-order valence-corrected chi connectivity index (χ4v) is 10.1. The largest absolute Gasteiger partial charge is 0.511 e. The first-order chi connectivity index (χ1) is 30.7. The van der Waals surface area contributed by atoms with Crippen molar-refractivity contribution in [3.8, 4) is 11.3 Å². The molecule has 2 amide bonds. The number of ether oxygens (including phenoxy) is 3. The maximum Gasteiger partial charge on any atom is 0.511 e. The lowest BCUT2D eigenvalue weighted by atomic mass is 9.78. The number of allylic oxidation sites excluding steroid dienone is 1. The van der Waals surface area contributed by atoms with Gasteiger partial charge in [-0.3, -0.25) is 14.5 Å². The molecule has 1 saturated carbocycles. The van der Waals surface area contributed by atoms with Crippen LogP contribution in [0.15, 0.2) is 118 Å². The van der Waals surface area contributed by atoms with Gasteiger partial charge in [0.25, 0.3) is 18.1 Å². The predicted octanol–water partition coefficient (Wildman–Crippen LogP) is 7.67. The predicted molar refractivity (Wildman–Crippen MR) is 240 cm³/mol. The third-order valence-electron chi connectivity index (χ3n) is 10.8. The van der Waals surface area contributed by atoms with E-state index in [-0.39, 0.29) is 24.0 Å². The molecular formula is C45H43N7O8S3. The van der Waals surface area contributed by atoms with Gasteiger partial charge in [0.1, 0.15) is 29.4 Å². The van der Waals surface area contributed by atoms with Crippen LogP contribution >= 0.6 is 34.6 Å². The Labute approximate surface area is 375 Å². The highest BCUT2D eigenvalue weighted by molar-refractivity contribution is 8.00. The average Bonchev–Trinajstić information content (AvgIpc) is 4.01. The maximum atomic E-state index is 14.0. The van der Waals surface area contributed by atoms with E-state index in [1.165, 1.54) is 39.5 Å². The minimum absolute atomic E-state index is 0.0376. The SMILES string of the molecule is CCC(OC(=O)OC1CCCCC1)OC(=O)C1=C(/C=C\c2csnn2)CSC2C(NC(=O)/C=N\OC(c3ccccc3)(c3ccccc3)c3ccccc3-c3csc(N)n3)C(=O)N12. The van der Waals surface area contributed by atoms with Crippen LogP contribution in [0.2, 0.25) is 0 Å². The Balaban J connectivity index is 1.02. The highest BCUT2D eigenvalue weighted by Crippen LogP contribution is 2.45. The van der Waals surface area contributed by atoms with E-state index in [4.69, 9.17) is 24.8 Å². The van der Waals surface area contributed by atoms with Crippen molar-refractivity contribution < 1.29 is 38.2 Å². The van der Waals surface area contributed by atoms with Crippen LogP contribution in [0.3, 0.4) is 0 Å². The fourth-order valence-electron chi connectivity index (χ4n) is 7.76. The number of carbonyl (C=O) groups excluding carboxylic acids is 4. The van der Waals surface area contributed by atoms with Crippen LogP contribution in [0.4, 0.5) is 9.93 Å². The number of nitrogens with one attached hydrogen (secondary N) is 1. The van der Waals surface area contributed by atoms with Crippen LogP contribution < -0.4 is 11.1 Å². The quantitative estimate of drug-likeness (QED) is 0.0260. The molecule has 0 spiro atoms. The molecule has 0 radical (unpaired) electrons. The van der Waals surface area contributed by atoms with Crippen molar-refractivity contribution in [3.05, 3.63) is 135 Å². The third-order valence-corrected chi connectivity index (χ3v) is 13.3. The minimum Gasteiger partial charge on any atom is -0.431 e. The van der Waals surface area contributed by atoms with Crippen LogP contribution in [0, 0.1) is 0 Å². The zero-order chi connectivity index (χ0) is 43.8. The summed E-state index contributed by atoms with van der Waals surface area (Å²) in [6.07, 6.45) is 6.54. The average molecular weight is 906 g/mol. The van der Waals surface area contributed by atoms with Gasteiger partial charge in [-0.15, -0.1) is 28.2 Å². The van der Waals surface area contributed by atoms with Crippen molar-refractivity contribution in [1.29, 1.82) is 0 Å². The Morgan fingerprint density at radius 1 is 0.952 bits per heavy atom. The van der Waals surface area contributed by atoms with Crippen LogP contribution in [-0.2, 0) is 39.0 Å². The Hall–Kier alpha value is -6.37. The molecule has 15 nitrogen and oxygen atoms in total. The first-order valence-electron chi connectivity index (χ1n) is 20.4. The molecule has 2 aromatic heterocycles. The van der Waals surface area contributed by atoms with Crippen LogP contribution in [0.1, 0.15) is 67.8 Å². The number of esters is 1. The molecule has 2 aliphatic heterocycles. The number of hydrogen-bond acceptors (Lipinski definition) is 16. The number of oxime groups is 1. The van der Waals surface area contributed by atoms with E-state index in [0.29, 0.717) is 27.7 Å². The van der Waals surface area contributed by atoms with Crippen molar-refractivity contribution in [1.82, 2.24) is 24.8 Å². The molecule has 324 valence electrons. The van der Waals surface area contributed by atoms with Crippen LogP contribution in [-0.4, -0.2) is 79.2 Å². The summed E-state index contributed by atoms with van der Waals surface area (Å²) in [5, 5.41) is 14.4. The second kappa shape index (κ2) is 19.8. The molecule has 3 atom stereocenters. The van der Waals surface area contributed by atoms with E-state index >= 15 is 0 Å². The second-order valence-corrected chi connectivity index (χ2v) is 17.4. The number of aromatic nitrogens is 3. The number of fused-ring (bicyclic) bond motifs is 1. The molecule has 63 heavy (non-hydrogen) atoms. The number of amides is 2. The van der Waals surface area contributed by atoms with Gasteiger partial charge in [-0.2, -0.15) is 0 Å². The van der Waals surface area contributed by atoms with Gasteiger partial charge in [0.15, 0.2) is 5.13 Å². The number of β-lactam (4-membered cyclic amide) rings is 1. The molecular weight excluding hydrogens is 863 g/mol. The standard InChI is InChI=1S/C45H43N7O8S3/c1-2-37(59-44(56)57-32-18-10-5-11-19-32)58-42(55)39-28(22-23-31-26-63-51-50-31)25-61-41-38(40(54)52(39)41)49-36(53)24-47-60-45(29-14-6-3-7-15-29,30-16-8-4-9-17-30)34-21-13-12-20-33(34)35-27-62-43(46)48-35/h3-4,6-9,12-17,20-24,26-27,32,37-38,41H,2,5,10-11,18-19,25H2,1H3,(H2,46,48)(H,49,53)/b23-22-,47-24-. The van der Waals surface area contributed by atoms with Crippen LogP contribution in [0.25, 0.3) is 17.3 Å². The molecule has 2 fully saturated rings. The Morgan fingerprint density at radius 2 is 1.67 bits per heavy atom. The summed E-state index contributed by atoms with van der Waals surface area (Å²) in [4.78, 5) is 66.7. The van der Waals surface area contributed by atoms with E-state index in [9.17, 15) is 19.2 Å². The Bertz CT molecular complexity index is 2470. The number of hydrogen-bond donors (Lipinski definition) is 2. The van der Waals surface area contributed by atoms with Gasteiger partial charge < -0.3 is 30.1 Å². The molecule has 3 N–H and O–H groups in total. The molecule has 5 aromatic rings. The molecule has 3 unspecified atom stereocenters. The van der Waals surface area contributed by atoms with Gasteiger partial charge >= 0.3 is 12.1 Å². The summed E-state index contributed by atoms with van der Waals surface area (Å²) in [7, 11) is 0. The second-order valence-electron chi connectivity index (χ2n) is 14.8. The van der Waals surface area contributed by atoms with Crippen LogP contribution in [0.5, 0.6) is 0 Å². The maximum absolute atomic E-state index is 14.0. The Kier molecular flexibility index (Phi) is 13.6. The molecule has 4 heterocycles. The summed E-state index contributed by atoms with van der Waals surface area (Å²) >= 11 is 3.84. The van der Waals surface area contributed by atoms with E-state index in [1.807, 2.05) is 90.3 Å². The molecule has 8 rings (SSSR count). The van der Waals surface area contributed by atoms with Gasteiger partial charge in [-0.25, -0.2) is 14.6 Å². The van der Waals surface area contributed by atoms with Gasteiger partial charge in [-0.05, 0) is 48.9 Å². The fraction of sp³-hybridized carbons (Fsp3) is 0.289. The van der Waals surface area contributed by atoms with E-state index in [1.54, 1.807) is 24.5 Å². The first kappa shape index (κ1) is 43.3. The first-order valence-corrected chi connectivity index (χ1v) is 23.2. The van der Waals surface area contributed by atoms with Crippen molar-refractivity contribution in [3.63, 3.8) is 0 Å². The Morgan fingerprint density at radius 3 is 2.33 bits per heavy atom. The van der Waals surface area contributed by atoms with Gasteiger partial charge in [0.05, 0.1) is 11.4 Å².